The highest BCUT2D eigenvalue weighted by Gasteiger charge is 2.33. The van der Waals surface area contributed by atoms with Gasteiger partial charge in [0.1, 0.15) is 11.5 Å². The van der Waals surface area contributed by atoms with Crippen molar-refractivity contribution in [1.29, 1.82) is 0 Å². The molecule has 0 unspecified atom stereocenters. The van der Waals surface area contributed by atoms with Crippen LogP contribution in [0.5, 0.6) is 11.5 Å². The van der Waals surface area contributed by atoms with Crippen molar-refractivity contribution in [2.45, 2.75) is 13.8 Å². The SMILES string of the molecule is COc1ccc(N=C2SC(=Cc3ccc(O)cc3)C(=O)N2CC(C)C)cc1. The molecule has 0 atom stereocenters. The molecular formula is C21H22N2O3S. The number of nitrogens with zero attached hydrogens (tertiary/aromatic N) is 2. The number of carbonyl (C=O) groups excluding carboxylic acids is 1. The van der Waals surface area contributed by atoms with E-state index in [1.807, 2.05) is 30.3 Å². The maximum absolute atomic E-state index is 12.9. The smallest absolute Gasteiger partial charge is 0.266 e. The van der Waals surface area contributed by atoms with Gasteiger partial charge in [0, 0.05) is 6.54 Å². The number of carbonyl (C=O) groups is 1. The van der Waals surface area contributed by atoms with Crippen molar-refractivity contribution >= 4 is 34.6 Å². The highest BCUT2D eigenvalue weighted by molar-refractivity contribution is 8.18. The summed E-state index contributed by atoms with van der Waals surface area (Å²) in [6, 6.07) is 14.2. The van der Waals surface area contributed by atoms with E-state index in [0.717, 1.165) is 17.0 Å². The van der Waals surface area contributed by atoms with Gasteiger partial charge in [0.15, 0.2) is 5.17 Å². The standard InChI is InChI=1S/C21H22N2O3S/c1-14(2)13-23-20(25)19(12-15-4-8-17(24)9-5-15)27-21(23)22-16-6-10-18(26-3)11-7-16/h4-12,14,24H,13H2,1-3H3. The van der Waals surface area contributed by atoms with Crippen molar-refractivity contribution in [1.82, 2.24) is 4.90 Å². The lowest BCUT2D eigenvalue weighted by Crippen LogP contribution is -2.32. The number of methoxy groups -OCH3 is 1. The van der Waals surface area contributed by atoms with Gasteiger partial charge < -0.3 is 9.84 Å². The predicted molar refractivity (Wildman–Crippen MR) is 110 cm³/mol. The Morgan fingerprint density at radius 2 is 1.81 bits per heavy atom. The van der Waals surface area contributed by atoms with Crippen LogP contribution in [0.3, 0.4) is 0 Å². The van der Waals surface area contributed by atoms with Crippen LogP contribution >= 0.6 is 11.8 Å². The second-order valence-electron chi connectivity index (χ2n) is 6.60. The molecular weight excluding hydrogens is 360 g/mol. The lowest BCUT2D eigenvalue weighted by Gasteiger charge is -2.17. The van der Waals surface area contributed by atoms with E-state index in [9.17, 15) is 9.90 Å². The number of hydrogen-bond acceptors (Lipinski definition) is 5. The topological polar surface area (TPSA) is 62.1 Å². The number of rotatable bonds is 5. The van der Waals surface area contributed by atoms with Crippen LogP contribution in [0.1, 0.15) is 19.4 Å². The molecule has 0 radical (unpaired) electrons. The third kappa shape index (κ3) is 4.71. The summed E-state index contributed by atoms with van der Waals surface area (Å²) in [5.41, 5.74) is 1.63. The van der Waals surface area contributed by atoms with Crippen LogP contribution in [0.15, 0.2) is 58.4 Å². The molecule has 1 fully saturated rings. The lowest BCUT2D eigenvalue weighted by molar-refractivity contribution is -0.122. The van der Waals surface area contributed by atoms with E-state index in [4.69, 9.17) is 4.74 Å². The van der Waals surface area contributed by atoms with E-state index in [1.165, 1.54) is 11.8 Å². The fourth-order valence-electron chi connectivity index (χ4n) is 2.61. The molecule has 2 aromatic rings. The molecule has 2 aromatic carbocycles. The Balaban J connectivity index is 1.92. The zero-order valence-electron chi connectivity index (χ0n) is 15.5. The molecule has 1 aliphatic heterocycles. The Morgan fingerprint density at radius 1 is 1.15 bits per heavy atom. The quantitative estimate of drug-likeness (QED) is 0.764. The summed E-state index contributed by atoms with van der Waals surface area (Å²) in [5, 5.41) is 10.1. The third-order valence-electron chi connectivity index (χ3n) is 3.92. The van der Waals surface area contributed by atoms with Crippen LogP contribution in [-0.2, 0) is 4.79 Å². The van der Waals surface area contributed by atoms with E-state index < -0.39 is 0 Å². The number of hydrogen-bond donors (Lipinski definition) is 1. The van der Waals surface area contributed by atoms with Crippen LogP contribution in [0.4, 0.5) is 5.69 Å². The van der Waals surface area contributed by atoms with E-state index >= 15 is 0 Å². The molecule has 5 nitrogen and oxygen atoms in total. The Kier molecular flexibility index (Phi) is 5.86. The van der Waals surface area contributed by atoms with E-state index in [0.29, 0.717) is 22.5 Å². The van der Waals surface area contributed by atoms with E-state index in [1.54, 1.807) is 36.3 Å². The minimum Gasteiger partial charge on any atom is -0.508 e. The van der Waals surface area contributed by atoms with Gasteiger partial charge in [-0.25, -0.2) is 4.99 Å². The average Bonchev–Trinajstić information content (AvgIpc) is 2.92. The van der Waals surface area contributed by atoms with E-state index in [2.05, 4.69) is 18.8 Å². The van der Waals surface area contributed by atoms with Gasteiger partial charge in [0.05, 0.1) is 17.7 Å². The Hall–Kier alpha value is -2.73. The Morgan fingerprint density at radius 3 is 2.41 bits per heavy atom. The summed E-state index contributed by atoms with van der Waals surface area (Å²) in [6.07, 6.45) is 1.83. The normalized spacial score (nSPS) is 17.3. The number of aromatic hydroxyl groups is 1. The Bertz CT molecular complexity index is 871. The van der Waals surface area contributed by atoms with Crippen molar-refractivity contribution in [3.8, 4) is 11.5 Å². The van der Waals surface area contributed by atoms with Gasteiger partial charge in [0.2, 0.25) is 0 Å². The monoisotopic (exact) mass is 382 g/mol. The lowest BCUT2D eigenvalue weighted by atomic mass is 10.2. The zero-order valence-corrected chi connectivity index (χ0v) is 16.4. The number of aliphatic imine (C=N–C) groups is 1. The number of ether oxygens (including phenoxy) is 1. The fourth-order valence-corrected chi connectivity index (χ4v) is 3.61. The minimum atomic E-state index is -0.0472. The molecule has 1 heterocycles. The molecule has 27 heavy (non-hydrogen) atoms. The summed E-state index contributed by atoms with van der Waals surface area (Å²) in [5.74, 6) is 1.24. The summed E-state index contributed by atoms with van der Waals surface area (Å²) in [6.45, 7) is 4.75. The molecule has 0 saturated carbocycles. The fraction of sp³-hybridized carbons (Fsp3) is 0.238. The van der Waals surface area contributed by atoms with Gasteiger partial charge in [-0.05, 0) is 65.7 Å². The summed E-state index contributed by atoms with van der Waals surface area (Å²) >= 11 is 1.37. The summed E-state index contributed by atoms with van der Waals surface area (Å²) < 4.78 is 5.18. The van der Waals surface area contributed by atoms with Crippen molar-refractivity contribution in [3.05, 3.63) is 59.0 Å². The van der Waals surface area contributed by atoms with E-state index in [-0.39, 0.29) is 11.7 Å². The number of phenols is 1. The van der Waals surface area contributed by atoms with Crippen molar-refractivity contribution in [2.24, 2.45) is 10.9 Å². The maximum atomic E-state index is 12.9. The molecule has 0 aromatic heterocycles. The molecule has 1 aliphatic rings. The molecule has 3 rings (SSSR count). The minimum absolute atomic E-state index is 0.0472. The molecule has 0 aliphatic carbocycles. The molecule has 6 heteroatoms. The summed E-state index contributed by atoms with van der Waals surface area (Å²) in [4.78, 5) is 19.9. The van der Waals surface area contributed by atoms with Gasteiger partial charge in [0.25, 0.3) is 5.91 Å². The van der Waals surface area contributed by atoms with Crippen LogP contribution in [-0.4, -0.2) is 34.7 Å². The highest BCUT2D eigenvalue weighted by Crippen LogP contribution is 2.35. The first kappa shape index (κ1) is 19.0. The predicted octanol–water partition coefficient (Wildman–Crippen LogP) is 4.66. The molecule has 0 bridgehead atoms. The van der Waals surface area contributed by atoms with Gasteiger partial charge in [-0.15, -0.1) is 0 Å². The molecule has 1 N–H and O–H groups in total. The molecule has 0 spiro atoms. The molecule has 140 valence electrons. The average molecular weight is 382 g/mol. The van der Waals surface area contributed by atoms with Gasteiger partial charge in [-0.3, -0.25) is 9.69 Å². The first-order valence-electron chi connectivity index (χ1n) is 8.69. The maximum Gasteiger partial charge on any atom is 0.266 e. The van der Waals surface area contributed by atoms with Crippen molar-refractivity contribution < 1.29 is 14.6 Å². The third-order valence-corrected chi connectivity index (χ3v) is 4.93. The number of benzene rings is 2. The van der Waals surface area contributed by atoms with Crippen LogP contribution < -0.4 is 4.74 Å². The second kappa shape index (κ2) is 8.31. The van der Waals surface area contributed by atoms with Crippen LogP contribution in [0.25, 0.3) is 6.08 Å². The highest BCUT2D eigenvalue weighted by atomic mass is 32.2. The number of amidine groups is 1. The Labute approximate surface area is 163 Å². The van der Waals surface area contributed by atoms with Crippen molar-refractivity contribution in [3.63, 3.8) is 0 Å². The number of thioether (sulfide) groups is 1. The van der Waals surface area contributed by atoms with Gasteiger partial charge in [-0.2, -0.15) is 0 Å². The first-order valence-corrected chi connectivity index (χ1v) is 9.51. The van der Waals surface area contributed by atoms with Crippen molar-refractivity contribution in [2.75, 3.05) is 13.7 Å². The second-order valence-corrected chi connectivity index (χ2v) is 7.61. The zero-order chi connectivity index (χ0) is 19.4. The summed E-state index contributed by atoms with van der Waals surface area (Å²) in [7, 11) is 1.62. The van der Waals surface area contributed by atoms with Gasteiger partial charge >= 0.3 is 0 Å². The molecule has 1 saturated heterocycles. The largest absolute Gasteiger partial charge is 0.508 e. The van der Waals surface area contributed by atoms with Crippen LogP contribution in [0, 0.1) is 5.92 Å². The molecule has 1 amide bonds. The van der Waals surface area contributed by atoms with Gasteiger partial charge in [-0.1, -0.05) is 26.0 Å². The number of amides is 1. The van der Waals surface area contributed by atoms with Crippen LogP contribution in [0.2, 0.25) is 0 Å². The first-order chi connectivity index (χ1) is 13.0. The number of phenolic OH excluding ortho intramolecular Hbond substituents is 1.